The van der Waals surface area contributed by atoms with Crippen molar-refractivity contribution < 1.29 is 24.1 Å². The van der Waals surface area contributed by atoms with Gasteiger partial charge in [-0.3, -0.25) is 4.79 Å². The zero-order valence-electron chi connectivity index (χ0n) is 19.1. The van der Waals surface area contributed by atoms with Gasteiger partial charge in [-0.15, -0.1) is 10.2 Å². The lowest BCUT2D eigenvalue weighted by molar-refractivity contribution is 0.0955. The number of hydrogen-bond acceptors (Lipinski definition) is 8. The molecule has 9 nitrogen and oxygen atoms in total. The predicted molar refractivity (Wildman–Crippen MR) is 124 cm³/mol. The first-order valence-corrected chi connectivity index (χ1v) is 10.8. The molecule has 0 saturated carbocycles. The number of methoxy groups -OCH3 is 3. The highest BCUT2D eigenvalue weighted by Gasteiger charge is 2.33. The van der Waals surface area contributed by atoms with E-state index in [0.717, 1.165) is 16.7 Å². The minimum Gasteiger partial charge on any atom is -0.508 e. The number of rotatable bonds is 6. The van der Waals surface area contributed by atoms with Gasteiger partial charge in [0.2, 0.25) is 0 Å². The quantitative estimate of drug-likeness (QED) is 0.465. The summed E-state index contributed by atoms with van der Waals surface area (Å²) in [5.74, 6) is 1.04. The van der Waals surface area contributed by atoms with Crippen LogP contribution >= 0.6 is 0 Å². The van der Waals surface area contributed by atoms with Gasteiger partial charge in [0.25, 0.3) is 0 Å². The van der Waals surface area contributed by atoms with Crippen LogP contribution in [0.1, 0.15) is 39.8 Å². The summed E-state index contributed by atoms with van der Waals surface area (Å²) in [6, 6.07) is 12.7. The molecule has 2 aromatic carbocycles. The van der Waals surface area contributed by atoms with E-state index < -0.39 is 0 Å². The minimum atomic E-state index is -0.187. The zero-order chi connectivity index (χ0) is 23.8. The van der Waals surface area contributed by atoms with E-state index in [1.54, 1.807) is 38.0 Å². The minimum absolute atomic E-state index is 0.125. The van der Waals surface area contributed by atoms with Gasteiger partial charge in [0.05, 0.1) is 37.8 Å². The first-order valence-electron chi connectivity index (χ1n) is 10.8. The van der Waals surface area contributed by atoms with Crippen LogP contribution in [0.4, 0.5) is 0 Å². The molecule has 0 bridgehead atoms. The molecule has 1 N–H and O–H groups in total. The molecule has 0 fully saturated rings. The Kier molecular flexibility index (Phi) is 5.62. The molecule has 34 heavy (non-hydrogen) atoms. The van der Waals surface area contributed by atoms with Crippen molar-refractivity contribution in [2.24, 2.45) is 0 Å². The molecule has 2 heterocycles. The van der Waals surface area contributed by atoms with Gasteiger partial charge in [-0.25, -0.2) is 4.52 Å². The van der Waals surface area contributed by atoms with Gasteiger partial charge in [0, 0.05) is 19.4 Å². The molecule has 5 rings (SSSR count). The highest BCUT2D eigenvalue weighted by molar-refractivity contribution is 5.97. The Hall–Kier alpha value is -3.98. The van der Waals surface area contributed by atoms with E-state index in [1.807, 2.05) is 30.3 Å². The summed E-state index contributed by atoms with van der Waals surface area (Å²) in [6.45, 7) is 0.249. The molecule has 9 heteroatoms. The van der Waals surface area contributed by atoms with Crippen LogP contribution in [-0.4, -0.2) is 52.0 Å². The Balaban J connectivity index is 1.69. The number of nitrogens with zero attached hydrogens (tertiary/aromatic N) is 4. The van der Waals surface area contributed by atoms with Crippen molar-refractivity contribution in [1.82, 2.24) is 19.8 Å². The van der Waals surface area contributed by atoms with Crippen LogP contribution in [0.3, 0.4) is 0 Å². The van der Waals surface area contributed by atoms with Crippen LogP contribution in [0.15, 0.2) is 42.5 Å². The maximum Gasteiger partial charge on any atom is 0.185 e. The van der Waals surface area contributed by atoms with Crippen molar-refractivity contribution in [1.29, 1.82) is 0 Å². The summed E-state index contributed by atoms with van der Waals surface area (Å²) in [6.07, 6.45) is 0.740. The fourth-order valence-corrected chi connectivity index (χ4v) is 4.59. The summed E-state index contributed by atoms with van der Waals surface area (Å²) < 4.78 is 17.9. The molecule has 0 saturated heterocycles. The number of benzene rings is 2. The van der Waals surface area contributed by atoms with E-state index in [-0.39, 0.29) is 30.5 Å². The van der Waals surface area contributed by atoms with Gasteiger partial charge >= 0.3 is 0 Å². The number of phenolic OH excluding ortho intramolecular Hbond substituents is 1. The van der Waals surface area contributed by atoms with Crippen LogP contribution in [0, 0.1) is 0 Å². The van der Waals surface area contributed by atoms with Crippen molar-refractivity contribution in [3.05, 3.63) is 65.1 Å². The van der Waals surface area contributed by atoms with Crippen molar-refractivity contribution in [3.63, 3.8) is 0 Å². The van der Waals surface area contributed by atoms with Crippen molar-refractivity contribution in [2.75, 3.05) is 21.3 Å². The van der Waals surface area contributed by atoms with Crippen molar-refractivity contribution in [3.8, 4) is 28.4 Å². The molecule has 0 amide bonds. The number of aromatic hydroxyl groups is 1. The standard InChI is InChI=1S/C25H24N4O5/c1-32-13-17-23(14-8-9-21(33-2)22(12-14)34-3)25-27-26-24-18(29(25)28-17)10-15(11-20(24)31)16-6-4-5-7-19(16)30/h4-9,12,15,30H,10-11,13H2,1-3H3/t15-/m0/s1. The largest absolute Gasteiger partial charge is 0.508 e. The first-order chi connectivity index (χ1) is 16.5. The second kappa shape index (κ2) is 8.75. The number of para-hydroxylation sites is 1. The molecule has 1 atom stereocenters. The van der Waals surface area contributed by atoms with E-state index in [2.05, 4.69) is 10.2 Å². The highest BCUT2D eigenvalue weighted by Crippen LogP contribution is 2.39. The molecule has 2 aromatic heterocycles. The lowest BCUT2D eigenvalue weighted by Crippen LogP contribution is -2.24. The number of hydrogen-bond donors (Lipinski definition) is 1. The third kappa shape index (κ3) is 3.54. The molecule has 4 aromatic rings. The lowest BCUT2D eigenvalue weighted by atomic mass is 9.83. The van der Waals surface area contributed by atoms with Crippen LogP contribution in [0.2, 0.25) is 0 Å². The van der Waals surface area contributed by atoms with Gasteiger partial charge in [0.15, 0.2) is 28.6 Å². The Labute approximate surface area is 195 Å². The number of phenols is 1. The molecule has 1 aliphatic carbocycles. The monoisotopic (exact) mass is 460 g/mol. The maximum atomic E-state index is 13.0. The molecule has 0 radical (unpaired) electrons. The summed E-state index contributed by atoms with van der Waals surface area (Å²) >= 11 is 0. The Bertz CT molecular complexity index is 1400. The maximum absolute atomic E-state index is 13.0. The predicted octanol–water partition coefficient (Wildman–Crippen LogP) is 3.57. The van der Waals surface area contributed by atoms with Crippen LogP contribution in [0.5, 0.6) is 17.2 Å². The van der Waals surface area contributed by atoms with Gasteiger partial charge in [-0.05, 0) is 35.7 Å². The summed E-state index contributed by atoms with van der Waals surface area (Å²) in [4.78, 5) is 13.0. The zero-order valence-corrected chi connectivity index (χ0v) is 19.1. The molecule has 0 spiro atoms. The number of ether oxygens (including phenoxy) is 3. The van der Waals surface area contributed by atoms with Crippen LogP contribution in [0.25, 0.3) is 16.8 Å². The van der Waals surface area contributed by atoms with Crippen LogP contribution < -0.4 is 9.47 Å². The van der Waals surface area contributed by atoms with E-state index in [4.69, 9.17) is 19.3 Å². The normalized spacial score (nSPS) is 15.4. The van der Waals surface area contributed by atoms with Gasteiger partial charge in [-0.1, -0.05) is 24.3 Å². The SMILES string of the molecule is COCc1nn2c3c(nnc2c1-c1ccc(OC)c(OC)c1)C(=O)C[C@@H](c1ccccc1O)C3. The molecular formula is C25H24N4O5. The van der Waals surface area contributed by atoms with Crippen LogP contribution in [-0.2, 0) is 17.8 Å². The fourth-order valence-electron chi connectivity index (χ4n) is 4.59. The molecule has 0 aliphatic heterocycles. The second-order valence-corrected chi connectivity index (χ2v) is 8.14. The summed E-state index contributed by atoms with van der Waals surface area (Å²) in [7, 11) is 4.76. The number of aromatic nitrogens is 4. The Morgan fingerprint density at radius 2 is 1.82 bits per heavy atom. The van der Waals surface area contributed by atoms with Crippen molar-refractivity contribution in [2.45, 2.75) is 25.4 Å². The van der Waals surface area contributed by atoms with E-state index >= 15 is 0 Å². The Morgan fingerprint density at radius 3 is 2.56 bits per heavy atom. The number of carbonyl (C=O) groups excluding carboxylic acids is 1. The molecule has 174 valence electrons. The Morgan fingerprint density at radius 1 is 1.03 bits per heavy atom. The van der Waals surface area contributed by atoms with E-state index in [1.165, 1.54) is 0 Å². The third-order valence-electron chi connectivity index (χ3n) is 6.17. The molecule has 1 aliphatic rings. The average molecular weight is 460 g/mol. The topological polar surface area (TPSA) is 108 Å². The van der Waals surface area contributed by atoms with Crippen molar-refractivity contribution >= 4 is 11.4 Å². The fraction of sp³-hybridized carbons (Fsp3) is 0.280. The first kappa shape index (κ1) is 21.8. The number of Topliss-reactive ketones (excluding diaryl/α,β-unsaturated/α-hetero) is 1. The highest BCUT2D eigenvalue weighted by atomic mass is 16.5. The van der Waals surface area contributed by atoms with Gasteiger partial charge in [0.1, 0.15) is 5.75 Å². The molecule has 0 unspecified atom stereocenters. The summed E-state index contributed by atoms with van der Waals surface area (Å²) in [5, 5.41) is 23.8. The summed E-state index contributed by atoms with van der Waals surface area (Å²) in [5.41, 5.74) is 4.45. The lowest BCUT2D eigenvalue weighted by Gasteiger charge is -2.23. The number of fused-ring (bicyclic) bond motifs is 3. The molecular weight excluding hydrogens is 436 g/mol. The second-order valence-electron chi connectivity index (χ2n) is 8.14. The smallest absolute Gasteiger partial charge is 0.185 e. The van der Waals surface area contributed by atoms with Gasteiger partial charge in [-0.2, -0.15) is 5.10 Å². The number of carbonyl (C=O) groups is 1. The third-order valence-corrected chi connectivity index (χ3v) is 6.17. The average Bonchev–Trinajstić information content (AvgIpc) is 3.22. The van der Waals surface area contributed by atoms with E-state index in [0.29, 0.717) is 40.6 Å². The number of ketones is 1. The van der Waals surface area contributed by atoms with Gasteiger partial charge < -0.3 is 19.3 Å². The van der Waals surface area contributed by atoms with E-state index in [9.17, 15) is 9.90 Å².